The quantitative estimate of drug-likeness (QED) is 0.800. The number of anilines is 1. The van der Waals surface area contributed by atoms with Gasteiger partial charge in [0, 0.05) is 17.3 Å². The summed E-state index contributed by atoms with van der Waals surface area (Å²) in [7, 11) is 0. The fourth-order valence-corrected chi connectivity index (χ4v) is 2.49. The molecule has 5 nitrogen and oxygen atoms in total. The van der Waals surface area contributed by atoms with Crippen molar-refractivity contribution in [2.45, 2.75) is 6.42 Å². The van der Waals surface area contributed by atoms with Crippen molar-refractivity contribution in [1.29, 1.82) is 0 Å². The van der Waals surface area contributed by atoms with Gasteiger partial charge in [-0.2, -0.15) is 0 Å². The van der Waals surface area contributed by atoms with Gasteiger partial charge in [0.25, 0.3) is 0 Å². The Balaban J connectivity index is 1.65. The Labute approximate surface area is 119 Å². The lowest BCUT2D eigenvalue weighted by molar-refractivity contribution is -0.115. The zero-order chi connectivity index (χ0) is 13.8. The number of hydrogen-bond donors (Lipinski definition) is 1. The van der Waals surface area contributed by atoms with Gasteiger partial charge in [0.1, 0.15) is 12.1 Å². The first-order chi connectivity index (χ1) is 9.81. The van der Waals surface area contributed by atoms with E-state index in [1.165, 1.54) is 0 Å². The Kier molecular flexibility index (Phi) is 3.56. The molecule has 0 aliphatic rings. The summed E-state index contributed by atoms with van der Waals surface area (Å²) in [5.41, 5.74) is 0.690. The molecule has 0 aliphatic carbocycles. The van der Waals surface area contributed by atoms with Crippen LogP contribution in [0.25, 0.3) is 5.82 Å². The lowest BCUT2D eigenvalue weighted by Gasteiger charge is -2.05. The molecule has 6 heteroatoms. The lowest BCUT2D eigenvalue weighted by atomic mass is 10.3. The summed E-state index contributed by atoms with van der Waals surface area (Å²) in [6.45, 7) is 0. The van der Waals surface area contributed by atoms with Crippen LogP contribution in [0.15, 0.2) is 54.6 Å². The Bertz CT molecular complexity index is 675. The largest absolute Gasteiger partial charge is 0.324 e. The van der Waals surface area contributed by atoms with Crippen LogP contribution < -0.4 is 5.32 Å². The van der Waals surface area contributed by atoms with Crippen LogP contribution in [0.1, 0.15) is 4.88 Å². The van der Waals surface area contributed by atoms with Gasteiger partial charge in [-0.3, -0.25) is 9.36 Å². The van der Waals surface area contributed by atoms with E-state index in [0.717, 1.165) is 10.7 Å². The second-order valence-corrected chi connectivity index (χ2v) is 5.21. The van der Waals surface area contributed by atoms with Crippen LogP contribution in [0.4, 0.5) is 5.69 Å². The molecule has 3 rings (SSSR count). The number of amides is 1. The fourth-order valence-electron chi connectivity index (χ4n) is 1.78. The Morgan fingerprint density at radius 1 is 1.35 bits per heavy atom. The van der Waals surface area contributed by atoms with Gasteiger partial charge in [0.15, 0.2) is 0 Å². The Hall–Kier alpha value is -2.47. The molecular weight excluding hydrogens is 272 g/mol. The molecule has 100 valence electrons. The van der Waals surface area contributed by atoms with E-state index in [4.69, 9.17) is 0 Å². The number of carbonyl (C=O) groups is 1. The van der Waals surface area contributed by atoms with E-state index in [2.05, 4.69) is 15.3 Å². The van der Waals surface area contributed by atoms with E-state index >= 15 is 0 Å². The smallest absolute Gasteiger partial charge is 0.229 e. The van der Waals surface area contributed by atoms with Gasteiger partial charge in [-0.05, 0) is 23.6 Å². The topological polar surface area (TPSA) is 59.8 Å². The van der Waals surface area contributed by atoms with E-state index in [1.807, 2.05) is 35.8 Å². The first-order valence-corrected chi connectivity index (χ1v) is 6.96. The summed E-state index contributed by atoms with van der Waals surface area (Å²) in [5, 5.41) is 4.80. The Morgan fingerprint density at radius 3 is 2.95 bits per heavy atom. The minimum absolute atomic E-state index is 0.0374. The van der Waals surface area contributed by atoms with Gasteiger partial charge in [-0.25, -0.2) is 9.97 Å². The lowest BCUT2D eigenvalue weighted by Crippen LogP contribution is -2.13. The van der Waals surface area contributed by atoms with Gasteiger partial charge >= 0.3 is 0 Å². The fraction of sp³-hybridized carbons (Fsp3) is 0.0714. The number of nitrogens with zero attached hydrogens (tertiary/aromatic N) is 3. The Morgan fingerprint density at radius 2 is 2.30 bits per heavy atom. The van der Waals surface area contributed by atoms with Crippen LogP contribution in [0.2, 0.25) is 0 Å². The molecule has 1 N–H and O–H groups in total. The van der Waals surface area contributed by atoms with Crippen LogP contribution in [-0.2, 0) is 11.2 Å². The number of hydrogen-bond acceptors (Lipinski definition) is 4. The van der Waals surface area contributed by atoms with Crippen molar-refractivity contribution in [2.24, 2.45) is 0 Å². The minimum atomic E-state index is -0.0374. The van der Waals surface area contributed by atoms with Crippen molar-refractivity contribution >= 4 is 22.9 Å². The average molecular weight is 284 g/mol. The van der Waals surface area contributed by atoms with Crippen LogP contribution >= 0.6 is 11.3 Å². The molecule has 0 aromatic carbocycles. The molecule has 0 bridgehead atoms. The molecule has 0 spiro atoms. The van der Waals surface area contributed by atoms with Crippen molar-refractivity contribution in [3.8, 4) is 5.82 Å². The molecule has 20 heavy (non-hydrogen) atoms. The number of thiophene rings is 1. The van der Waals surface area contributed by atoms with Crippen LogP contribution in [0, 0.1) is 0 Å². The number of pyridine rings is 1. The van der Waals surface area contributed by atoms with Crippen molar-refractivity contribution in [3.05, 3.63) is 59.4 Å². The highest BCUT2D eigenvalue weighted by molar-refractivity contribution is 7.10. The van der Waals surface area contributed by atoms with Gasteiger partial charge in [0.2, 0.25) is 5.91 Å². The maximum atomic E-state index is 11.8. The van der Waals surface area contributed by atoms with Crippen molar-refractivity contribution in [1.82, 2.24) is 14.5 Å². The molecule has 0 aliphatic heterocycles. The first kappa shape index (κ1) is 12.6. The summed E-state index contributed by atoms with van der Waals surface area (Å²) in [6, 6.07) is 7.55. The predicted molar refractivity (Wildman–Crippen MR) is 78.0 cm³/mol. The third kappa shape index (κ3) is 2.92. The molecule has 0 unspecified atom stereocenters. The summed E-state index contributed by atoms with van der Waals surface area (Å²) >= 11 is 1.58. The normalized spacial score (nSPS) is 10.4. The van der Waals surface area contributed by atoms with Gasteiger partial charge in [-0.15, -0.1) is 11.3 Å². The molecular formula is C14H12N4OS. The molecule has 0 radical (unpaired) electrons. The second-order valence-electron chi connectivity index (χ2n) is 4.18. The van der Waals surface area contributed by atoms with Crippen LogP contribution in [0.3, 0.4) is 0 Å². The highest BCUT2D eigenvalue weighted by Gasteiger charge is 2.05. The zero-order valence-electron chi connectivity index (χ0n) is 10.6. The highest BCUT2D eigenvalue weighted by atomic mass is 32.1. The standard InChI is InChI=1S/C14H12N4OS/c19-14(8-12-2-1-7-20-12)17-11-3-4-13(16-9-11)18-6-5-15-10-18/h1-7,9-10H,8H2,(H,17,19). The van der Waals surface area contributed by atoms with Gasteiger partial charge < -0.3 is 5.32 Å². The third-order valence-electron chi connectivity index (χ3n) is 2.72. The van der Waals surface area contributed by atoms with E-state index in [9.17, 15) is 4.79 Å². The SMILES string of the molecule is O=C(Cc1cccs1)Nc1ccc(-n2ccnc2)nc1. The molecule has 0 saturated carbocycles. The average Bonchev–Trinajstić information content (AvgIpc) is 3.12. The molecule has 0 atom stereocenters. The molecule has 1 amide bonds. The third-order valence-corrected chi connectivity index (χ3v) is 3.59. The molecule has 3 aromatic heterocycles. The van der Waals surface area contributed by atoms with E-state index in [1.54, 1.807) is 34.6 Å². The van der Waals surface area contributed by atoms with Crippen LogP contribution in [-0.4, -0.2) is 20.4 Å². The monoisotopic (exact) mass is 284 g/mol. The summed E-state index contributed by atoms with van der Waals surface area (Å²) in [5.74, 6) is 0.725. The minimum Gasteiger partial charge on any atom is -0.324 e. The number of imidazole rings is 1. The predicted octanol–water partition coefficient (Wildman–Crippen LogP) is 2.51. The molecule has 0 fully saturated rings. The number of rotatable bonds is 4. The van der Waals surface area contributed by atoms with Crippen molar-refractivity contribution in [2.75, 3.05) is 5.32 Å². The second kappa shape index (κ2) is 5.66. The van der Waals surface area contributed by atoms with Gasteiger partial charge in [0.05, 0.1) is 18.3 Å². The summed E-state index contributed by atoms with van der Waals surface area (Å²) < 4.78 is 1.80. The maximum absolute atomic E-state index is 11.8. The maximum Gasteiger partial charge on any atom is 0.229 e. The molecule has 3 heterocycles. The van der Waals surface area contributed by atoms with Gasteiger partial charge in [-0.1, -0.05) is 6.07 Å². The number of nitrogens with one attached hydrogen (secondary N) is 1. The highest BCUT2D eigenvalue weighted by Crippen LogP contribution is 2.12. The first-order valence-electron chi connectivity index (χ1n) is 6.08. The van der Waals surface area contributed by atoms with Crippen molar-refractivity contribution < 1.29 is 4.79 Å². The zero-order valence-corrected chi connectivity index (χ0v) is 11.4. The summed E-state index contributed by atoms with van der Waals surface area (Å²) in [4.78, 5) is 21.1. The van der Waals surface area contributed by atoms with Crippen molar-refractivity contribution in [3.63, 3.8) is 0 Å². The molecule has 3 aromatic rings. The number of carbonyl (C=O) groups excluding carboxylic acids is 1. The van der Waals surface area contributed by atoms with E-state index < -0.39 is 0 Å². The molecule has 0 saturated heterocycles. The number of aromatic nitrogens is 3. The summed E-state index contributed by atoms with van der Waals surface area (Å²) in [6.07, 6.45) is 7.22. The van der Waals surface area contributed by atoms with E-state index in [0.29, 0.717) is 12.1 Å². The van der Waals surface area contributed by atoms with E-state index in [-0.39, 0.29) is 5.91 Å². The van der Waals surface area contributed by atoms with Crippen LogP contribution in [0.5, 0.6) is 0 Å².